The van der Waals surface area contributed by atoms with Crippen LogP contribution in [-0.4, -0.2) is 33.2 Å². The van der Waals surface area contributed by atoms with Crippen molar-refractivity contribution in [2.75, 3.05) is 11.4 Å². The van der Waals surface area contributed by atoms with Gasteiger partial charge in [0.1, 0.15) is 11.5 Å². The fourth-order valence-corrected chi connectivity index (χ4v) is 2.90. The second-order valence-electron chi connectivity index (χ2n) is 6.29. The number of imidazole rings is 1. The summed E-state index contributed by atoms with van der Waals surface area (Å²) in [4.78, 5) is 38.7. The van der Waals surface area contributed by atoms with E-state index in [1.165, 1.54) is 0 Å². The van der Waals surface area contributed by atoms with Crippen LogP contribution in [0, 0.1) is 0 Å². The minimum atomic E-state index is -0.0290. The predicted octanol–water partition coefficient (Wildman–Crippen LogP) is 3.73. The Balaban J connectivity index is 2.13. The summed E-state index contributed by atoms with van der Waals surface area (Å²) in [5.74, 6) is 0.843. The molecule has 0 aliphatic rings. The molecule has 0 spiro atoms. The molecule has 0 aromatic carbocycles. The van der Waals surface area contributed by atoms with Gasteiger partial charge in [0.15, 0.2) is 5.78 Å². The number of H-pyrrole nitrogens is 1. The van der Waals surface area contributed by atoms with Crippen molar-refractivity contribution < 1.29 is 9.59 Å². The number of amides is 1. The van der Waals surface area contributed by atoms with Crippen molar-refractivity contribution in [3.8, 4) is 0 Å². The van der Waals surface area contributed by atoms with E-state index < -0.39 is 0 Å². The van der Waals surface area contributed by atoms with Crippen LogP contribution in [0.4, 0.5) is 5.69 Å². The van der Waals surface area contributed by atoms with E-state index in [4.69, 9.17) is 0 Å². The van der Waals surface area contributed by atoms with Gasteiger partial charge in [-0.1, -0.05) is 20.8 Å². The number of ketones is 1. The van der Waals surface area contributed by atoms with E-state index in [1.54, 1.807) is 23.4 Å². The molecule has 2 aromatic heterocycles. The third-order valence-electron chi connectivity index (χ3n) is 4.22. The molecule has 0 aliphatic heterocycles. The Labute approximate surface area is 155 Å². The lowest BCUT2D eigenvalue weighted by atomic mass is 10.1. The quantitative estimate of drug-likeness (QED) is 0.658. The smallest absolute Gasteiger partial charge is 0.227 e. The number of nitrogens with one attached hydrogen (secondary N) is 1. The van der Waals surface area contributed by atoms with Crippen LogP contribution >= 0.6 is 0 Å². The van der Waals surface area contributed by atoms with Gasteiger partial charge in [-0.05, 0) is 31.4 Å². The normalized spacial score (nSPS) is 10.7. The predicted molar refractivity (Wildman–Crippen MR) is 102 cm³/mol. The molecule has 0 saturated heterocycles. The molecular formula is C20H28N4O2. The summed E-state index contributed by atoms with van der Waals surface area (Å²) < 4.78 is 0. The molecule has 0 aliphatic carbocycles. The van der Waals surface area contributed by atoms with Gasteiger partial charge >= 0.3 is 0 Å². The highest BCUT2D eigenvalue weighted by Gasteiger charge is 2.20. The molecular weight excluding hydrogens is 328 g/mol. The Hall–Kier alpha value is -2.50. The first-order valence-corrected chi connectivity index (χ1v) is 9.41. The van der Waals surface area contributed by atoms with Crippen molar-refractivity contribution in [1.29, 1.82) is 0 Å². The number of aromatic nitrogens is 3. The van der Waals surface area contributed by atoms with Gasteiger partial charge in [0, 0.05) is 37.7 Å². The maximum Gasteiger partial charge on any atom is 0.227 e. The monoisotopic (exact) mass is 356 g/mol. The molecule has 2 heterocycles. The maximum atomic E-state index is 12.7. The van der Waals surface area contributed by atoms with Gasteiger partial charge in [-0.25, -0.2) is 4.98 Å². The fourth-order valence-electron chi connectivity index (χ4n) is 2.90. The first-order valence-electron chi connectivity index (χ1n) is 9.41. The summed E-state index contributed by atoms with van der Waals surface area (Å²) in [6, 6.07) is 3.64. The largest absolute Gasteiger partial charge is 0.345 e. The molecule has 0 atom stereocenters. The highest BCUT2D eigenvalue weighted by Crippen LogP contribution is 2.17. The number of nitrogens with zero attached hydrogens (tertiary/aromatic N) is 3. The number of aryl methyl sites for hydroxylation is 2. The van der Waals surface area contributed by atoms with Crippen molar-refractivity contribution >= 4 is 17.4 Å². The number of pyridine rings is 1. The summed E-state index contributed by atoms with van der Waals surface area (Å²) in [5, 5.41) is 0. The lowest BCUT2D eigenvalue weighted by Gasteiger charge is -2.22. The average molecular weight is 356 g/mol. The first kappa shape index (κ1) is 19.8. The zero-order chi connectivity index (χ0) is 18.9. The highest BCUT2D eigenvalue weighted by molar-refractivity contribution is 5.98. The van der Waals surface area contributed by atoms with Crippen LogP contribution in [-0.2, 0) is 17.6 Å². The Morgan fingerprint density at radius 2 is 1.96 bits per heavy atom. The average Bonchev–Trinajstić information content (AvgIpc) is 3.06. The molecule has 0 bridgehead atoms. The number of anilines is 1. The topological polar surface area (TPSA) is 79.0 Å². The molecule has 1 amide bonds. The SMILES string of the molecule is CCCC(=O)N(CCC(=O)c1nc(CCC)[nH]c1CC)c1cccnc1. The molecule has 6 heteroatoms. The van der Waals surface area contributed by atoms with Gasteiger partial charge in [-0.2, -0.15) is 0 Å². The van der Waals surface area contributed by atoms with E-state index in [2.05, 4.69) is 21.9 Å². The molecule has 0 unspecified atom stereocenters. The van der Waals surface area contributed by atoms with Gasteiger partial charge < -0.3 is 9.88 Å². The number of carbonyl (C=O) groups is 2. The Kier molecular flexibility index (Phi) is 7.51. The highest BCUT2D eigenvalue weighted by atomic mass is 16.2. The van der Waals surface area contributed by atoms with Gasteiger partial charge in [-0.15, -0.1) is 0 Å². The summed E-state index contributed by atoms with van der Waals surface area (Å²) in [6.07, 6.45) is 7.33. The Morgan fingerprint density at radius 1 is 1.15 bits per heavy atom. The van der Waals surface area contributed by atoms with Crippen LogP contribution in [0.2, 0.25) is 0 Å². The molecule has 0 saturated carbocycles. The van der Waals surface area contributed by atoms with E-state index in [0.29, 0.717) is 18.7 Å². The number of Topliss-reactive ketones (excluding diaryl/α,β-unsaturated/α-hetero) is 1. The van der Waals surface area contributed by atoms with E-state index in [1.807, 2.05) is 19.9 Å². The molecule has 1 N–H and O–H groups in total. The summed E-state index contributed by atoms with van der Waals surface area (Å²) in [7, 11) is 0. The number of aromatic amines is 1. The van der Waals surface area contributed by atoms with Gasteiger partial charge in [0.25, 0.3) is 0 Å². The second kappa shape index (κ2) is 9.85. The van der Waals surface area contributed by atoms with Crippen LogP contribution in [0.3, 0.4) is 0 Å². The van der Waals surface area contributed by atoms with Crippen molar-refractivity contribution in [2.45, 2.75) is 59.3 Å². The lowest BCUT2D eigenvalue weighted by Crippen LogP contribution is -2.33. The number of hydrogen-bond donors (Lipinski definition) is 1. The number of hydrogen-bond acceptors (Lipinski definition) is 4. The van der Waals surface area contributed by atoms with Crippen LogP contribution in [0.25, 0.3) is 0 Å². The molecule has 2 aromatic rings. The molecule has 0 fully saturated rings. The minimum Gasteiger partial charge on any atom is -0.345 e. The summed E-state index contributed by atoms with van der Waals surface area (Å²) >= 11 is 0. The van der Waals surface area contributed by atoms with Crippen LogP contribution in [0.15, 0.2) is 24.5 Å². The van der Waals surface area contributed by atoms with E-state index in [-0.39, 0.29) is 18.1 Å². The zero-order valence-corrected chi connectivity index (χ0v) is 15.9. The Morgan fingerprint density at radius 3 is 2.58 bits per heavy atom. The van der Waals surface area contributed by atoms with Crippen LogP contribution in [0.5, 0.6) is 0 Å². The summed E-state index contributed by atoms with van der Waals surface area (Å²) in [5.41, 5.74) is 2.12. The fraction of sp³-hybridized carbons (Fsp3) is 0.500. The standard InChI is InChI=1S/C20H28N4O2/c1-4-8-18-22-16(6-3)20(23-18)17(25)11-13-24(19(26)9-5-2)15-10-7-12-21-14-15/h7,10,12,14H,4-6,8-9,11,13H2,1-3H3,(H,22,23). The molecule has 26 heavy (non-hydrogen) atoms. The van der Waals surface area contributed by atoms with E-state index in [0.717, 1.165) is 42.9 Å². The minimum absolute atomic E-state index is 0.0118. The van der Waals surface area contributed by atoms with Gasteiger partial charge in [0.05, 0.1) is 11.9 Å². The van der Waals surface area contributed by atoms with Crippen molar-refractivity contribution in [3.63, 3.8) is 0 Å². The first-order chi connectivity index (χ1) is 12.6. The van der Waals surface area contributed by atoms with Crippen LogP contribution in [0.1, 0.15) is 68.5 Å². The van der Waals surface area contributed by atoms with E-state index in [9.17, 15) is 9.59 Å². The van der Waals surface area contributed by atoms with E-state index >= 15 is 0 Å². The third kappa shape index (κ3) is 5.00. The molecule has 6 nitrogen and oxygen atoms in total. The van der Waals surface area contributed by atoms with Crippen molar-refractivity contribution in [3.05, 3.63) is 41.7 Å². The van der Waals surface area contributed by atoms with Gasteiger partial charge in [-0.3, -0.25) is 14.6 Å². The maximum absolute atomic E-state index is 12.7. The van der Waals surface area contributed by atoms with Crippen molar-refractivity contribution in [2.24, 2.45) is 0 Å². The lowest BCUT2D eigenvalue weighted by molar-refractivity contribution is -0.118. The molecule has 0 radical (unpaired) electrons. The molecule has 140 valence electrons. The number of carbonyl (C=O) groups excluding carboxylic acids is 2. The number of rotatable bonds is 10. The molecule has 2 rings (SSSR count). The zero-order valence-electron chi connectivity index (χ0n) is 15.9. The van der Waals surface area contributed by atoms with Gasteiger partial charge in [0.2, 0.25) is 5.91 Å². The summed E-state index contributed by atoms with van der Waals surface area (Å²) in [6.45, 7) is 6.40. The Bertz CT molecular complexity index is 725. The van der Waals surface area contributed by atoms with Crippen molar-refractivity contribution in [1.82, 2.24) is 15.0 Å². The van der Waals surface area contributed by atoms with Crippen LogP contribution < -0.4 is 4.90 Å². The third-order valence-corrected chi connectivity index (χ3v) is 4.22. The second-order valence-corrected chi connectivity index (χ2v) is 6.29.